The van der Waals surface area contributed by atoms with E-state index in [9.17, 15) is 13.2 Å². The van der Waals surface area contributed by atoms with Gasteiger partial charge in [-0.3, -0.25) is 9.69 Å². The Labute approximate surface area is 157 Å². The molecule has 1 amide bonds. The Bertz CT molecular complexity index is 678. The van der Waals surface area contributed by atoms with Crippen LogP contribution in [0.15, 0.2) is 29.2 Å². The molecule has 0 aliphatic carbocycles. The van der Waals surface area contributed by atoms with Crippen molar-refractivity contribution in [3.63, 3.8) is 0 Å². The SMILES string of the molecule is CCC(CNC(=O)c1ccc(S(=O)(=O)N(CC)CC)cc1)N1CCCC1. The first-order valence-electron chi connectivity index (χ1n) is 9.56. The Morgan fingerprint density at radius 3 is 2.19 bits per heavy atom. The van der Waals surface area contributed by atoms with Crippen LogP contribution < -0.4 is 5.32 Å². The van der Waals surface area contributed by atoms with E-state index in [0.29, 0.717) is 31.2 Å². The number of nitrogens with one attached hydrogen (secondary N) is 1. The molecule has 0 bridgehead atoms. The number of carbonyl (C=O) groups is 1. The van der Waals surface area contributed by atoms with Gasteiger partial charge in [-0.25, -0.2) is 8.42 Å². The number of amides is 1. The van der Waals surface area contributed by atoms with E-state index in [1.807, 2.05) is 13.8 Å². The molecule has 1 aromatic carbocycles. The van der Waals surface area contributed by atoms with Crippen LogP contribution in [0.4, 0.5) is 0 Å². The molecular formula is C19H31N3O3S. The van der Waals surface area contributed by atoms with Crippen LogP contribution in [0.1, 0.15) is 50.4 Å². The van der Waals surface area contributed by atoms with Crippen LogP contribution in [0.3, 0.4) is 0 Å². The number of nitrogens with zero attached hydrogens (tertiary/aromatic N) is 2. The topological polar surface area (TPSA) is 69.7 Å². The number of carbonyl (C=O) groups excluding carboxylic acids is 1. The van der Waals surface area contributed by atoms with Gasteiger partial charge >= 0.3 is 0 Å². The number of rotatable bonds is 9. The number of sulfonamides is 1. The monoisotopic (exact) mass is 381 g/mol. The molecule has 1 N–H and O–H groups in total. The second-order valence-corrected chi connectivity index (χ2v) is 8.57. The van der Waals surface area contributed by atoms with Crippen LogP contribution in [0.25, 0.3) is 0 Å². The Morgan fingerprint density at radius 2 is 1.69 bits per heavy atom. The molecule has 2 rings (SSSR count). The first-order chi connectivity index (χ1) is 12.4. The first-order valence-corrected chi connectivity index (χ1v) is 11.0. The van der Waals surface area contributed by atoms with E-state index in [1.165, 1.54) is 29.3 Å². The molecule has 7 heteroatoms. The standard InChI is InChI=1S/C19H31N3O3S/c1-4-17(21-13-7-8-14-21)15-20-19(23)16-9-11-18(12-10-16)26(24,25)22(5-2)6-3/h9-12,17H,4-8,13-15H2,1-3H3,(H,20,23). The zero-order valence-corrected chi connectivity index (χ0v) is 16.9. The third-order valence-corrected chi connectivity index (χ3v) is 7.15. The van der Waals surface area contributed by atoms with Crippen LogP contribution in [-0.2, 0) is 10.0 Å². The van der Waals surface area contributed by atoms with Crippen LogP contribution in [0, 0.1) is 0 Å². The molecule has 0 spiro atoms. The lowest BCUT2D eigenvalue weighted by molar-refractivity contribution is 0.0937. The maximum atomic E-state index is 12.5. The molecule has 26 heavy (non-hydrogen) atoms. The Morgan fingerprint density at radius 1 is 1.12 bits per heavy atom. The van der Waals surface area contributed by atoms with Crippen LogP contribution >= 0.6 is 0 Å². The van der Waals surface area contributed by atoms with E-state index in [-0.39, 0.29) is 10.8 Å². The fourth-order valence-electron chi connectivity index (χ4n) is 3.44. The molecule has 1 heterocycles. The number of likely N-dealkylation sites (tertiary alicyclic amines) is 1. The minimum absolute atomic E-state index is 0.158. The lowest BCUT2D eigenvalue weighted by Gasteiger charge is -2.26. The number of hydrogen-bond donors (Lipinski definition) is 1. The number of hydrogen-bond acceptors (Lipinski definition) is 4. The summed E-state index contributed by atoms with van der Waals surface area (Å²) in [5, 5.41) is 2.99. The summed E-state index contributed by atoms with van der Waals surface area (Å²) in [6.07, 6.45) is 3.46. The summed E-state index contributed by atoms with van der Waals surface area (Å²) >= 11 is 0. The molecule has 6 nitrogen and oxygen atoms in total. The van der Waals surface area contributed by atoms with Crippen molar-refractivity contribution in [2.24, 2.45) is 0 Å². The van der Waals surface area contributed by atoms with Crippen LogP contribution in [0.5, 0.6) is 0 Å². The summed E-state index contributed by atoms with van der Waals surface area (Å²) in [5.74, 6) is -0.158. The van der Waals surface area contributed by atoms with Gasteiger partial charge in [-0.15, -0.1) is 0 Å². The molecule has 0 saturated carbocycles. The Hall–Kier alpha value is -1.44. The van der Waals surface area contributed by atoms with Crippen molar-refractivity contribution in [3.8, 4) is 0 Å². The predicted molar refractivity (Wildman–Crippen MR) is 104 cm³/mol. The second kappa shape index (κ2) is 9.48. The van der Waals surface area contributed by atoms with E-state index in [4.69, 9.17) is 0 Å². The Kier molecular flexibility index (Phi) is 7.61. The van der Waals surface area contributed by atoms with Gasteiger partial charge in [-0.2, -0.15) is 4.31 Å². The van der Waals surface area contributed by atoms with Gasteiger partial charge in [0.15, 0.2) is 0 Å². The van der Waals surface area contributed by atoms with Crippen molar-refractivity contribution in [1.82, 2.24) is 14.5 Å². The zero-order valence-electron chi connectivity index (χ0n) is 16.1. The largest absolute Gasteiger partial charge is 0.350 e. The molecule has 1 aromatic rings. The van der Waals surface area contributed by atoms with Gasteiger partial charge in [0.25, 0.3) is 5.91 Å². The van der Waals surface area contributed by atoms with Crippen LogP contribution in [0.2, 0.25) is 0 Å². The molecule has 1 saturated heterocycles. The highest BCUT2D eigenvalue weighted by molar-refractivity contribution is 7.89. The minimum atomic E-state index is -3.49. The van der Waals surface area contributed by atoms with Crippen molar-refractivity contribution < 1.29 is 13.2 Å². The van der Waals surface area contributed by atoms with Gasteiger partial charge < -0.3 is 5.32 Å². The second-order valence-electron chi connectivity index (χ2n) is 6.63. The average molecular weight is 382 g/mol. The lowest BCUT2D eigenvalue weighted by Crippen LogP contribution is -2.42. The van der Waals surface area contributed by atoms with Crippen LogP contribution in [-0.4, -0.2) is 62.3 Å². The Balaban J connectivity index is 2.00. The molecule has 1 fully saturated rings. The van der Waals surface area contributed by atoms with Crippen molar-refractivity contribution in [1.29, 1.82) is 0 Å². The zero-order chi connectivity index (χ0) is 19.2. The van der Waals surface area contributed by atoms with E-state index < -0.39 is 10.0 Å². The van der Waals surface area contributed by atoms with E-state index in [1.54, 1.807) is 12.1 Å². The fraction of sp³-hybridized carbons (Fsp3) is 0.632. The summed E-state index contributed by atoms with van der Waals surface area (Å²) in [5.41, 5.74) is 0.486. The number of benzene rings is 1. The smallest absolute Gasteiger partial charge is 0.251 e. The maximum Gasteiger partial charge on any atom is 0.251 e. The third-order valence-electron chi connectivity index (χ3n) is 5.09. The average Bonchev–Trinajstić information content (AvgIpc) is 3.17. The van der Waals surface area contributed by atoms with Gasteiger partial charge in [0.05, 0.1) is 4.90 Å². The normalized spacial score (nSPS) is 16.8. The van der Waals surface area contributed by atoms with Crippen molar-refractivity contribution >= 4 is 15.9 Å². The maximum absolute atomic E-state index is 12.5. The predicted octanol–water partition coefficient (Wildman–Crippen LogP) is 2.32. The third kappa shape index (κ3) is 4.84. The highest BCUT2D eigenvalue weighted by Crippen LogP contribution is 2.17. The van der Waals surface area contributed by atoms with Gasteiger partial charge in [-0.1, -0.05) is 20.8 Å². The highest BCUT2D eigenvalue weighted by atomic mass is 32.2. The molecule has 1 atom stereocenters. The summed E-state index contributed by atoms with van der Waals surface area (Å²) < 4.78 is 26.4. The van der Waals surface area contributed by atoms with Crippen molar-refractivity contribution in [2.45, 2.75) is 51.0 Å². The lowest BCUT2D eigenvalue weighted by atomic mass is 10.1. The minimum Gasteiger partial charge on any atom is -0.350 e. The highest BCUT2D eigenvalue weighted by Gasteiger charge is 2.23. The van der Waals surface area contributed by atoms with E-state index in [0.717, 1.165) is 19.5 Å². The molecule has 1 aliphatic rings. The summed E-state index contributed by atoms with van der Waals surface area (Å²) in [6.45, 7) is 9.45. The van der Waals surface area contributed by atoms with Gasteiger partial charge in [0, 0.05) is 31.2 Å². The van der Waals surface area contributed by atoms with Gasteiger partial charge in [0.2, 0.25) is 10.0 Å². The summed E-state index contributed by atoms with van der Waals surface area (Å²) in [7, 11) is -3.49. The fourth-order valence-corrected chi connectivity index (χ4v) is 4.90. The van der Waals surface area contributed by atoms with Crippen molar-refractivity contribution in [3.05, 3.63) is 29.8 Å². The van der Waals surface area contributed by atoms with E-state index >= 15 is 0 Å². The molecule has 0 radical (unpaired) electrons. The van der Waals surface area contributed by atoms with Gasteiger partial charge in [-0.05, 0) is 56.6 Å². The van der Waals surface area contributed by atoms with Crippen molar-refractivity contribution in [2.75, 3.05) is 32.7 Å². The molecule has 146 valence electrons. The van der Waals surface area contributed by atoms with E-state index in [2.05, 4.69) is 17.1 Å². The molecule has 1 aliphatic heterocycles. The van der Waals surface area contributed by atoms with Gasteiger partial charge in [0.1, 0.15) is 0 Å². The molecule has 1 unspecified atom stereocenters. The first kappa shape index (κ1) is 20.9. The summed E-state index contributed by atoms with van der Waals surface area (Å²) in [4.78, 5) is 15.1. The summed E-state index contributed by atoms with van der Waals surface area (Å²) in [6, 6.07) is 6.56. The quantitative estimate of drug-likeness (QED) is 0.713. The molecular weight excluding hydrogens is 350 g/mol. The molecule has 0 aromatic heterocycles.